The van der Waals surface area contributed by atoms with Crippen LogP contribution in [0.1, 0.15) is 39.2 Å². The number of nitrogens with zero attached hydrogens (tertiary/aromatic N) is 3. The number of methoxy groups -OCH3 is 2. The third-order valence-corrected chi connectivity index (χ3v) is 7.07. The number of fused-ring (bicyclic) bond motifs is 3. The second-order valence-electron chi connectivity index (χ2n) is 8.39. The summed E-state index contributed by atoms with van der Waals surface area (Å²) in [6.45, 7) is 0. The first-order valence-corrected chi connectivity index (χ1v) is 12.1. The molecule has 0 aliphatic carbocycles. The lowest BCUT2D eigenvalue weighted by Crippen LogP contribution is -2.32. The van der Waals surface area contributed by atoms with Gasteiger partial charge in [-0.15, -0.1) is 0 Å². The molecule has 1 N–H and O–H groups in total. The van der Waals surface area contributed by atoms with E-state index in [9.17, 15) is 4.79 Å². The third kappa shape index (κ3) is 3.54. The molecule has 0 fully saturated rings. The molecule has 0 spiro atoms. The fourth-order valence-corrected chi connectivity index (χ4v) is 5.34. The van der Waals surface area contributed by atoms with Crippen LogP contribution in [0.3, 0.4) is 0 Å². The van der Waals surface area contributed by atoms with Crippen LogP contribution in [0.5, 0.6) is 11.5 Å². The van der Waals surface area contributed by atoms with Crippen molar-refractivity contribution in [2.75, 3.05) is 19.5 Å². The van der Waals surface area contributed by atoms with E-state index in [0.29, 0.717) is 11.5 Å². The van der Waals surface area contributed by atoms with Crippen molar-refractivity contribution in [3.8, 4) is 11.5 Å². The van der Waals surface area contributed by atoms with Crippen molar-refractivity contribution in [1.29, 1.82) is 0 Å². The lowest BCUT2D eigenvalue weighted by atomic mass is 9.84. The van der Waals surface area contributed by atoms with Crippen LogP contribution in [0.25, 0.3) is 5.70 Å². The van der Waals surface area contributed by atoms with Gasteiger partial charge in [-0.2, -0.15) is 10.1 Å². The Balaban J connectivity index is 1.56. The van der Waals surface area contributed by atoms with Crippen LogP contribution in [0.4, 0.5) is 5.95 Å². The molecule has 2 aliphatic heterocycles. The van der Waals surface area contributed by atoms with Gasteiger partial charge in [0.05, 0.1) is 30.0 Å². The second-order valence-corrected chi connectivity index (χ2v) is 9.24. The molecule has 3 heterocycles. The van der Waals surface area contributed by atoms with Crippen molar-refractivity contribution < 1.29 is 19.0 Å². The maximum absolute atomic E-state index is 12.0. The first kappa shape index (κ1) is 22.4. The Labute approximate surface area is 215 Å². The summed E-state index contributed by atoms with van der Waals surface area (Å²) >= 11 is 3.63. The molecule has 1 aromatic heterocycles. The van der Waals surface area contributed by atoms with Crippen LogP contribution in [-0.2, 0) is 4.74 Å². The van der Waals surface area contributed by atoms with E-state index in [2.05, 4.69) is 31.3 Å². The first-order chi connectivity index (χ1) is 17.6. The summed E-state index contributed by atoms with van der Waals surface area (Å²) in [6.07, 6.45) is 1.09. The third-order valence-electron chi connectivity index (χ3n) is 6.45. The number of carbonyl (C=O) groups is 1. The van der Waals surface area contributed by atoms with E-state index >= 15 is 0 Å². The predicted molar refractivity (Wildman–Crippen MR) is 137 cm³/mol. The standard InChI is InChI=1S/C27H21BrN4O4/c1-34-21-12-11-17(13-19(21)28)24-22-23(31-27-29-14-30-32(24)27)18-5-3-4-6-20(18)36-25(22)15-7-9-16(10-8-15)26(33)35-2/h3-14,24-25H,1-2H3,(H,29,30,31). The molecular weight excluding hydrogens is 524 g/mol. The van der Waals surface area contributed by atoms with Gasteiger partial charge in [0.2, 0.25) is 5.95 Å². The van der Waals surface area contributed by atoms with Crippen molar-refractivity contribution in [1.82, 2.24) is 14.8 Å². The van der Waals surface area contributed by atoms with Crippen molar-refractivity contribution in [2.45, 2.75) is 12.1 Å². The number of anilines is 1. The Morgan fingerprint density at radius 3 is 2.58 bits per heavy atom. The zero-order valence-corrected chi connectivity index (χ0v) is 21.0. The number of hydrogen-bond acceptors (Lipinski definition) is 7. The highest BCUT2D eigenvalue weighted by Crippen LogP contribution is 2.51. The molecule has 6 rings (SSSR count). The van der Waals surface area contributed by atoms with E-state index < -0.39 is 6.10 Å². The number of para-hydroxylation sites is 1. The summed E-state index contributed by atoms with van der Waals surface area (Å²) in [5.74, 6) is 1.75. The van der Waals surface area contributed by atoms with Crippen LogP contribution in [0.15, 0.2) is 83.1 Å². The van der Waals surface area contributed by atoms with Crippen molar-refractivity contribution in [3.05, 3.63) is 105 Å². The van der Waals surface area contributed by atoms with Crippen LogP contribution in [-0.4, -0.2) is 35.0 Å². The Kier molecular flexibility index (Phi) is 5.49. The zero-order valence-electron chi connectivity index (χ0n) is 19.4. The number of halogens is 1. The highest BCUT2D eigenvalue weighted by atomic mass is 79.9. The molecule has 0 bridgehead atoms. The Hall–Kier alpha value is -4.11. The minimum Gasteiger partial charge on any atom is -0.496 e. The van der Waals surface area contributed by atoms with Crippen LogP contribution >= 0.6 is 15.9 Å². The highest BCUT2D eigenvalue weighted by Gasteiger charge is 2.41. The lowest BCUT2D eigenvalue weighted by Gasteiger charge is -2.39. The highest BCUT2D eigenvalue weighted by molar-refractivity contribution is 9.10. The molecule has 36 heavy (non-hydrogen) atoms. The smallest absolute Gasteiger partial charge is 0.337 e. The van der Waals surface area contributed by atoms with E-state index in [0.717, 1.165) is 43.9 Å². The fourth-order valence-electron chi connectivity index (χ4n) is 4.78. The molecule has 3 aromatic carbocycles. The van der Waals surface area contributed by atoms with Crippen LogP contribution < -0.4 is 14.8 Å². The summed E-state index contributed by atoms with van der Waals surface area (Å²) < 4.78 is 19.6. The van der Waals surface area contributed by atoms with Gasteiger partial charge in [-0.25, -0.2) is 9.48 Å². The molecule has 2 atom stereocenters. The number of esters is 1. The average molecular weight is 545 g/mol. The van der Waals surface area contributed by atoms with E-state index in [1.807, 2.05) is 59.3 Å². The Bertz CT molecular complexity index is 1510. The van der Waals surface area contributed by atoms with Gasteiger partial charge in [0.1, 0.15) is 30.0 Å². The normalized spacial score (nSPS) is 17.8. The maximum atomic E-state index is 12.0. The summed E-state index contributed by atoms with van der Waals surface area (Å²) in [5, 5.41) is 8.04. The first-order valence-electron chi connectivity index (χ1n) is 11.3. The molecular formula is C27H21BrN4O4. The number of benzene rings is 3. The molecule has 180 valence electrons. The quantitative estimate of drug-likeness (QED) is 0.344. The summed E-state index contributed by atoms with van der Waals surface area (Å²) in [7, 11) is 3.01. The van der Waals surface area contributed by atoms with Gasteiger partial charge in [0, 0.05) is 11.1 Å². The van der Waals surface area contributed by atoms with E-state index in [1.54, 1.807) is 25.6 Å². The minimum atomic E-state index is -0.447. The molecule has 9 heteroatoms. The second kappa shape index (κ2) is 8.83. The maximum Gasteiger partial charge on any atom is 0.337 e. The number of nitrogens with one attached hydrogen (secondary N) is 1. The van der Waals surface area contributed by atoms with Gasteiger partial charge in [0.15, 0.2) is 0 Å². The van der Waals surface area contributed by atoms with Crippen LogP contribution in [0.2, 0.25) is 0 Å². The van der Waals surface area contributed by atoms with Crippen molar-refractivity contribution in [3.63, 3.8) is 0 Å². The van der Waals surface area contributed by atoms with E-state index in [-0.39, 0.29) is 12.0 Å². The average Bonchev–Trinajstić information content (AvgIpc) is 3.39. The molecule has 0 amide bonds. The molecule has 0 saturated heterocycles. The lowest BCUT2D eigenvalue weighted by molar-refractivity contribution is 0.0600. The van der Waals surface area contributed by atoms with Gasteiger partial charge in [-0.3, -0.25) is 0 Å². The van der Waals surface area contributed by atoms with E-state index in [1.165, 1.54) is 7.11 Å². The number of carbonyl (C=O) groups excluding carboxylic acids is 1. The molecule has 0 radical (unpaired) electrons. The van der Waals surface area contributed by atoms with Crippen LogP contribution in [0, 0.1) is 0 Å². The van der Waals surface area contributed by atoms with Gasteiger partial charge < -0.3 is 19.5 Å². The summed E-state index contributed by atoms with van der Waals surface area (Å²) in [6, 6.07) is 20.9. The van der Waals surface area contributed by atoms with Gasteiger partial charge in [-0.05, 0) is 63.5 Å². The Morgan fingerprint density at radius 2 is 1.83 bits per heavy atom. The molecule has 2 aliphatic rings. The molecule has 8 nitrogen and oxygen atoms in total. The number of rotatable bonds is 4. The Morgan fingerprint density at radius 1 is 1.06 bits per heavy atom. The molecule has 4 aromatic rings. The molecule has 2 unspecified atom stereocenters. The van der Waals surface area contributed by atoms with Crippen molar-refractivity contribution >= 4 is 33.5 Å². The van der Waals surface area contributed by atoms with Gasteiger partial charge in [-0.1, -0.05) is 30.3 Å². The largest absolute Gasteiger partial charge is 0.496 e. The topological polar surface area (TPSA) is 87.5 Å². The minimum absolute atomic E-state index is 0.306. The fraction of sp³-hybridized carbons (Fsp3) is 0.148. The van der Waals surface area contributed by atoms with Gasteiger partial charge >= 0.3 is 5.97 Å². The monoisotopic (exact) mass is 544 g/mol. The SMILES string of the molecule is COC(=O)c1ccc(C2Oc3ccccc3C3=C2C(c2ccc(OC)c(Br)c2)n2ncnc2N3)cc1. The van der Waals surface area contributed by atoms with Crippen molar-refractivity contribution in [2.24, 2.45) is 0 Å². The number of ether oxygens (including phenoxy) is 3. The summed E-state index contributed by atoms with van der Waals surface area (Å²) in [4.78, 5) is 16.5. The van der Waals surface area contributed by atoms with E-state index in [4.69, 9.17) is 14.2 Å². The molecule has 0 saturated carbocycles. The predicted octanol–water partition coefficient (Wildman–Crippen LogP) is 5.40. The van der Waals surface area contributed by atoms with Gasteiger partial charge in [0.25, 0.3) is 0 Å². The summed E-state index contributed by atoms with van der Waals surface area (Å²) in [5.41, 5.74) is 5.21. The number of hydrogen-bond donors (Lipinski definition) is 1. The zero-order chi connectivity index (χ0) is 24.8. The number of aromatic nitrogens is 3.